The minimum Gasteiger partial charge on any atom is -0.508 e. The Morgan fingerprint density at radius 3 is 1.92 bits per heavy atom. The predicted molar refractivity (Wildman–Crippen MR) is 274 cm³/mol. The lowest BCUT2D eigenvalue weighted by Crippen LogP contribution is -2.58. The number of carbonyl (C=O) groups excluding carboxylic acids is 8. The number of nitrogens with zero attached hydrogens (tertiary/aromatic N) is 2. The standard InChI is InChI=1S/C53H74N8O15/c1-5-7-8-9-13-18-36(64)30-42(65)55-37(6-2)51(73)60-27-14-19-40(60)48(70)56-38(25-26-43(66)67)47(69)54-31(3)46(68)59-45(34-21-23-35(63)24-22-34)50(72)57-39(29-33-16-11-10-12-17-33)52(74)61-28-15-20-41(61)49(71)58-44(32(4)62)53(75)76/h6,10-12,16-17,21-24,31-32,36,38-41,44-45,62-64H,5,7-9,13-15,18-20,25-30H2,1-4H3,(H,54,69)(H,55,65)(H,56,70)(H,57,72)(H,58,71)(H,59,68)(H,66,67)(H,75,76). The van der Waals surface area contributed by atoms with E-state index in [2.05, 4.69) is 38.8 Å². The Morgan fingerprint density at radius 2 is 1.32 bits per heavy atom. The molecule has 2 aromatic rings. The topological polar surface area (TPSA) is 351 Å². The van der Waals surface area contributed by atoms with Crippen LogP contribution < -0.4 is 31.9 Å². The minimum atomic E-state index is -1.66. The Kier molecular flexibility index (Phi) is 24.3. The second kappa shape index (κ2) is 30.2. The van der Waals surface area contributed by atoms with Crippen LogP contribution in [0.5, 0.6) is 5.75 Å². The highest BCUT2D eigenvalue weighted by Gasteiger charge is 2.41. The van der Waals surface area contributed by atoms with Gasteiger partial charge in [0.1, 0.15) is 47.7 Å². The first kappa shape index (κ1) is 61.1. The zero-order chi connectivity index (χ0) is 56.1. The van der Waals surface area contributed by atoms with Crippen LogP contribution in [-0.2, 0) is 54.4 Å². The van der Waals surface area contributed by atoms with Crippen LogP contribution in [-0.4, -0.2) is 156 Å². The molecule has 9 unspecified atom stereocenters. The molecule has 0 aromatic heterocycles. The Labute approximate surface area is 441 Å². The Hall–Kier alpha value is -7.40. The lowest BCUT2D eigenvalue weighted by molar-refractivity contribution is -0.147. The first-order valence-corrected chi connectivity index (χ1v) is 25.9. The van der Waals surface area contributed by atoms with Gasteiger partial charge in [-0.05, 0) is 82.6 Å². The number of rotatable bonds is 29. The summed E-state index contributed by atoms with van der Waals surface area (Å²) in [5.74, 6) is -9.46. The van der Waals surface area contributed by atoms with Crippen molar-refractivity contribution in [2.24, 2.45) is 0 Å². The van der Waals surface area contributed by atoms with E-state index in [1.807, 2.05) is 0 Å². The molecular weight excluding hydrogens is 989 g/mol. The number of allylic oxidation sites excluding steroid dienone is 1. The highest BCUT2D eigenvalue weighted by Crippen LogP contribution is 2.24. The quantitative estimate of drug-likeness (QED) is 0.0403. The minimum absolute atomic E-state index is 0.0629. The van der Waals surface area contributed by atoms with Crippen molar-refractivity contribution in [3.63, 3.8) is 0 Å². The van der Waals surface area contributed by atoms with Crippen molar-refractivity contribution in [2.45, 2.75) is 172 Å². The van der Waals surface area contributed by atoms with Gasteiger partial charge < -0.3 is 67.2 Å². The number of aliphatic hydroxyl groups excluding tert-OH is 2. The fraction of sp³-hybridized carbons (Fsp3) is 0.547. The molecule has 2 fully saturated rings. The van der Waals surface area contributed by atoms with E-state index in [9.17, 15) is 73.5 Å². The third-order valence-corrected chi connectivity index (χ3v) is 13.3. The van der Waals surface area contributed by atoms with Gasteiger partial charge in [-0.3, -0.25) is 43.2 Å². The van der Waals surface area contributed by atoms with Gasteiger partial charge in [-0.15, -0.1) is 0 Å². The maximum atomic E-state index is 14.5. The Balaban J connectivity index is 1.49. The van der Waals surface area contributed by atoms with Gasteiger partial charge in [0.2, 0.25) is 41.4 Å². The summed E-state index contributed by atoms with van der Waals surface area (Å²) in [6.45, 7) is 6.24. The van der Waals surface area contributed by atoms with Crippen molar-refractivity contribution in [1.82, 2.24) is 41.7 Å². The molecule has 11 N–H and O–H groups in total. The lowest BCUT2D eigenvalue weighted by atomic mass is 10.0. The maximum Gasteiger partial charge on any atom is 0.328 e. The number of aromatic hydroxyl groups is 1. The summed E-state index contributed by atoms with van der Waals surface area (Å²) in [7, 11) is 0. The van der Waals surface area contributed by atoms with E-state index < -0.39 is 127 Å². The van der Waals surface area contributed by atoms with Crippen LogP contribution in [0.15, 0.2) is 66.4 Å². The van der Waals surface area contributed by atoms with Crippen molar-refractivity contribution in [3.8, 4) is 5.75 Å². The van der Waals surface area contributed by atoms with Gasteiger partial charge in [-0.1, -0.05) is 87.6 Å². The van der Waals surface area contributed by atoms with Crippen molar-refractivity contribution in [3.05, 3.63) is 77.5 Å². The first-order chi connectivity index (χ1) is 36.1. The number of carboxylic acids is 2. The first-order valence-electron chi connectivity index (χ1n) is 25.9. The number of likely N-dealkylation sites (tertiary alicyclic amines) is 2. The van der Waals surface area contributed by atoms with E-state index in [-0.39, 0.29) is 55.8 Å². The molecule has 2 aromatic carbocycles. The van der Waals surface area contributed by atoms with Crippen LogP contribution in [0.25, 0.3) is 0 Å². The van der Waals surface area contributed by atoms with Crippen LogP contribution >= 0.6 is 0 Å². The molecule has 2 saturated heterocycles. The third-order valence-electron chi connectivity index (χ3n) is 13.3. The number of nitrogens with one attached hydrogen (secondary N) is 6. The summed E-state index contributed by atoms with van der Waals surface area (Å²) < 4.78 is 0. The van der Waals surface area contributed by atoms with E-state index in [0.717, 1.165) is 32.1 Å². The average Bonchev–Trinajstić information content (AvgIpc) is 4.09. The number of phenolic OH excluding ortho intramolecular Hbond substituents is 1. The molecule has 23 heteroatoms. The van der Waals surface area contributed by atoms with Crippen molar-refractivity contribution in [1.29, 1.82) is 0 Å². The van der Waals surface area contributed by atoms with Gasteiger partial charge in [-0.2, -0.15) is 0 Å². The maximum absolute atomic E-state index is 14.5. The number of aliphatic carboxylic acids is 2. The highest BCUT2D eigenvalue weighted by molar-refractivity contribution is 6.01. The molecule has 8 amide bonds. The number of hydrogen-bond acceptors (Lipinski definition) is 13. The number of benzene rings is 2. The summed E-state index contributed by atoms with van der Waals surface area (Å²) in [4.78, 5) is 137. The molecule has 0 radical (unpaired) electrons. The SMILES string of the molecule is CC=C(NC(=O)CC(O)CCCCCCC)C(=O)N1CCCC1C(=O)NC(CCC(=O)O)C(=O)NC(C)C(=O)NC(C(=O)NC(Cc1ccccc1)C(=O)N1CCCC1C(=O)NC(C(=O)O)C(C)O)c1ccc(O)cc1. The third kappa shape index (κ3) is 18.5. The number of phenols is 1. The predicted octanol–water partition coefficient (Wildman–Crippen LogP) is 1.20. The molecule has 0 spiro atoms. The second-order valence-electron chi connectivity index (χ2n) is 19.2. The van der Waals surface area contributed by atoms with Crippen molar-refractivity contribution < 1.29 is 73.5 Å². The lowest BCUT2D eigenvalue weighted by Gasteiger charge is -2.31. The molecule has 9 atom stereocenters. The number of carboxylic acid groups (broad SMARTS) is 2. The molecule has 23 nitrogen and oxygen atoms in total. The average molecular weight is 1060 g/mol. The molecule has 0 bridgehead atoms. The largest absolute Gasteiger partial charge is 0.508 e. The van der Waals surface area contributed by atoms with Gasteiger partial charge in [-0.25, -0.2) is 4.79 Å². The van der Waals surface area contributed by atoms with Gasteiger partial charge in [0, 0.05) is 25.9 Å². The molecule has 0 aliphatic carbocycles. The number of unbranched alkanes of at least 4 members (excludes halogenated alkanes) is 4. The van der Waals surface area contributed by atoms with Crippen molar-refractivity contribution in [2.75, 3.05) is 13.1 Å². The Bertz CT molecular complexity index is 2380. The molecule has 2 aliphatic heterocycles. The van der Waals surface area contributed by atoms with Crippen LogP contribution in [0.2, 0.25) is 0 Å². The van der Waals surface area contributed by atoms with Crippen molar-refractivity contribution >= 4 is 59.2 Å². The molecule has 76 heavy (non-hydrogen) atoms. The van der Waals surface area contributed by atoms with Crippen LogP contribution in [0.3, 0.4) is 0 Å². The number of hydrogen-bond donors (Lipinski definition) is 11. The number of aliphatic hydroxyl groups is 2. The van der Waals surface area contributed by atoms with Crippen LogP contribution in [0, 0.1) is 0 Å². The number of carbonyl (C=O) groups is 10. The normalized spacial score (nSPS) is 18.2. The summed E-state index contributed by atoms with van der Waals surface area (Å²) in [5.41, 5.74) is 0.601. The van der Waals surface area contributed by atoms with E-state index in [0.29, 0.717) is 24.8 Å². The summed E-state index contributed by atoms with van der Waals surface area (Å²) in [5, 5.41) is 64.7. The number of amides is 8. The van der Waals surface area contributed by atoms with E-state index in [1.54, 1.807) is 30.3 Å². The molecule has 0 saturated carbocycles. The second-order valence-corrected chi connectivity index (χ2v) is 19.2. The Morgan fingerprint density at radius 1 is 0.697 bits per heavy atom. The van der Waals surface area contributed by atoms with Crippen LogP contribution in [0.4, 0.5) is 0 Å². The monoisotopic (exact) mass is 1060 g/mol. The molecule has 416 valence electrons. The zero-order valence-electron chi connectivity index (χ0n) is 43.5. The van der Waals surface area contributed by atoms with Gasteiger partial charge in [0.25, 0.3) is 5.91 Å². The van der Waals surface area contributed by atoms with E-state index in [1.165, 1.54) is 60.9 Å². The molecular formula is C53H74N8O15. The van der Waals surface area contributed by atoms with Gasteiger partial charge >= 0.3 is 11.9 Å². The summed E-state index contributed by atoms with van der Waals surface area (Å²) >= 11 is 0. The fourth-order valence-corrected chi connectivity index (χ4v) is 9.05. The zero-order valence-corrected chi connectivity index (χ0v) is 43.5. The summed E-state index contributed by atoms with van der Waals surface area (Å²) in [6, 6.07) is 3.80. The molecule has 4 rings (SSSR count). The molecule has 2 aliphatic rings. The smallest absolute Gasteiger partial charge is 0.328 e. The fourth-order valence-electron chi connectivity index (χ4n) is 9.05. The molecule has 2 heterocycles. The van der Waals surface area contributed by atoms with Gasteiger partial charge in [0.15, 0.2) is 6.04 Å². The summed E-state index contributed by atoms with van der Waals surface area (Å²) in [6.07, 6.45) is 3.91. The van der Waals surface area contributed by atoms with Gasteiger partial charge in [0.05, 0.1) is 18.6 Å². The van der Waals surface area contributed by atoms with E-state index >= 15 is 0 Å². The van der Waals surface area contributed by atoms with Crippen LogP contribution in [0.1, 0.15) is 128 Å². The van der Waals surface area contributed by atoms with E-state index in [4.69, 9.17) is 0 Å². The highest BCUT2D eigenvalue weighted by atomic mass is 16.4.